The molecule has 182 valence electrons. The molecule has 0 radical (unpaired) electrons. The van der Waals surface area contributed by atoms with Crippen molar-refractivity contribution in [2.75, 3.05) is 0 Å². The topological polar surface area (TPSA) is 9.86 Å². The fraction of sp³-hybridized carbons (Fsp3) is 0. The highest BCUT2D eigenvalue weighted by Crippen LogP contribution is 2.45. The molecule has 0 spiro atoms. The average molecular weight is 515 g/mol. The first kappa shape index (κ1) is 21.1. The van der Waals surface area contributed by atoms with Crippen LogP contribution in [0.1, 0.15) is 0 Å². The molecule has 9 aromatic rings. The van der Waals surface area contributed by atoms with E-state index in [0.29, 0.717) is 0 Å². The zero-order chi connectivity index (χ0) is 25.5. The van der Waals surface area contributed by atoms with E-state index in [4.69, 9.17) is 0 Å². The van der Waals surface area contributed by atoms with Crippen LogP contribution in [0.5, 0.6) is 0 Å². The molecule has 0 atom stereocenters. The average Bonchev–Trinajstić information content (AvgIpc) is 3.66. The van der Waals surface area contributed by atoms with Crippen LogP contribution in [0, 0.1) is 0 Å². The van der Waals surface area contributed by atoms with Gasteiger partial charge in [-0.05, 0) is 65.7 Å². The Morgan fingerprint density at radius 2 is 0.949 bits per heavy atom. The third kappa shape index (κ3) is 2.85. The second kappa shape index (κ2) is 7.83. The Kier molecular flexibility index (Phi) is 4.24. The van der Waals surface area contributed by atoms with Crippen molar-refractivity contribution in [3.63, 3.8) is 0 Å². The highest BCUT2D eigenvalue weighted by molar-refractivity contribution is 7.25. The molecule has 2 nitrogen and oxygen atoms in total. The summed E-state index contributed by atoms with van der Waals surface area (Å²) in [6.07, 6.45) is 0. The van der Waals surface area contributed by atoms with Crippen molar-refractivity contribution in [1.29, 1.82) is 0 Å². The van der Waals surface area contributed by atoms with Gasteiger partial charge in [0.15, 0.2) is 0 Å². The first-order valence-corrected chi connectivity index (χ1v) is 14.1. The summed E-state index contributed by atoms with van der Waals surface area (Å²) >= 11 is 1.87. The van der Waals surface area contributed by atoms with Crippen LogP contribution in [0.25, 0.3) is 75.5 Å². The highest BCUT2D eigenvalue weighted by Gasteiger charge is 2.23. The summed E-state index contributed by atoms with van der Waals surface area (Å²) in [6, 6.07) is 48.5. The predicted molar refractivity (Wildman–Crippen MR) is 167 cm³/mol. The molecule has 9 rings (SSSR count). The Labute approximate surface area is 228 Å². The zero-order valence-electron chi connectivity index (χ0n) is 21.0. The van der Waals surface area contributed by atoms with Crippen LogP contribution < -0.4 is 0 Å². The Bertz CT molecular complexity index is 2250. The smallest absolute Gasteiger partial charge is 0.0563 e. The van der Waals surface area contributed by atoms with Crippen molar-refractivity contribution >= 4 is 64.3 Å². The van der Waals surface area contributed by atoms with E-state index in [9.17, 15) is 0 Å². The second-order valence-corrected chi connectivity index (χ2v) is 11.3. The first-order valence-electron chi connectivity index (χ1n) is 13.3. The van der Waals surface area contributed by atoms with Gasteiger partial charge in [-0.25, -0.2) is 0 Å². The maximum Gasteiger partial charge on any atom is 0.0563 e. The molecule has 0 saturated carbocycles. The molecule has 0 N–H and O–H groups in total. The molecule has 3 heterocycles. The van der Waals surface area contributed by atoms with Gasteiger partial charge in [-0.2, -0.15) is 0 Å². The van der Waals surface area contributed by atoms with Crippen molar-refractivity contribution in [1.82, 2.24) is 9.13 Å². The number of hydrogen-bond acceptors (Lipinski definition) is 1. The van der Waals surface area contributed by atoms with E-state index in [1.54, 1.807) is 0 Å². The zero-order valence-corrected chi connectivity index (χ0v) is 21.8. The monoisotopic (exact) mass is 514 g/mol. The van der Waals surface area contributed by atoms with Gasteiger partial charge in [-0.1, -0.05) is 78.9 Å². The number of rotatable bonds is 3. The lowest BCUT2D eigenvalue weighted by Crippen LogP contribution is -1.98. The standard InChI is InChI=1S/C36H22N2S/c1-2-9-23(10-3-1)24-19-21-25(22-20-24)37-28-12-6-14-30-35(28)36-29(37)13-7-15-31(36)38(30)27-16-8-18-33-34(27)26-11-4-5-17-32(26)39-33/h1-22H. The largest absolute Gasteiger partial charge is 0.309 e. The van der Waals surface area contributed by atoms with Gasteiger partial charge in [-0.15, -0.1) is 11.3 Å². The maximum absolute atomic E-state index is 2.48. The number of benzene rings is 6. The van der Waals surface area contributed by atoms with Crippen molar-refractivity contribution in [2.24, 2.45) is 0 Å². The molecule has 0 saturated heterocycles. The van der Waals surface area contributed by atoms with Gasteiger partial charge in [0.05, 0.1) is 27.8 Å². The van der Waals surface area contributed by atoms with Crippen LogP contribution in [-0.2, 0) is 0 Å². The van der Waals surface area contributed by atoms with Crippen LogP contribution in [0.3, 0.4) is 0 Å². The summed E-state index contributed by atoms with van der Waals surface area (Å²) in [7, 11) is 0. The van der Waals surface area contributed by atoms with Crippen molar-refractivity contribution < 1.29 is 0 Å². The summed E-state index contributed by atoms with van der Waals surface area (Å²) in [5.41, 5.74) is 9.89. The van der Waals surface area contributed by atoms with Gasteiger partial charge in [0.2, 0.25) is 0 Å². The van der Waals surface area contributed by atoms with E-state index in [-0.39, 0.29) is 0 Å². The molecule has 0 amide bonds. The first-order chi connectivity index (χ1) is 19.4. The summed E-state index contributed by atoms with van der Waals surface area (Å²) in [5, 5.41) is 5.31. The van der Waals surface area contributed by atoms with E-state index >= 15 is 0 Å². The number of fused-ring (bicyclic) bond motifs is 3. The molecule has 0 unspecified atom stereocenters. The third-order valence-electron chi connectivity index (χ3n) is 8.11. The lowest BCUT2D eigenvalue weighted by molar-refractivity contribution is 1.16. The van der Waals surface area contributed by atoms with E-state index in [2.05, 4.69) is 143 Å². The molecule has 0 aliphatic carbocycles. The van der Waals surface area contributed by atoms with Crippen LogP contribution in [-0.4, -0.2) is 9.13 Å². The Morgan fingerprint density at radius 3 is 1.67 bits per heavy atom. The summed E-state index contributed by atoms with van der Waals surface area (Å²) < 4.78 is 7.56. The second-order valence-electron chi connectivity index (χ2n) is 10.2. The van der Waals surface area contributed by atoms with E-state index in [0.717, 1.165) is 0 Å². The minimum atomic E-state index is 1.18. The summed E-state index contributed by atoms with van der Waals surface area (Å²) in [5.74, 6) is 0. The molecule has 6 aromatic carbocycles. The van der Waals surface area contributed by atoms with Crippen LogP contribution in [0.4, 0.5) is 0 Å². The number of thiophene rings is 1. The number of hydrogen-bond donors (Lipinski definition) is 0. The maximum atomic E-state index is 2.48. The molecular formula is C36H22N2S. The normalized spacial score (nSPS) is 12.1. The fourth-order valence-corrected chi connectivity index (χ4v) is 7.61. The Hall–Kier alpha value is -4.86. The van der Waals surface area contributed by atoms with E-state index in [1.807, 2.05) is 11.3 Å². The minimum Gasteiger partial charge on any atom is -0.309 e. The molecule has 0 bridgehead atoms. The molecule has 3 heteroatoms. The number of aromatic nitrogens is 2. The highest BCUT2D eigenvalue weighted by atomic mass is 32.1. The molecule has 39 heavy (non-hydrogen) atoms. The van der Waals surface area contributed by atoms with Gasteiger partial charge in [0, 0.05) is 36.6 Å². The van der Waals surface area contributed by atoms with Crippen molar-refractivity contribution in [2.45, 2.75) is 0 Å². The van der Waals surface area contributed by atoms with Gasteiger partial charge in [0.1, 0.15) is 0 Å². The lowest BCUT2D eigenvalue weighted by atomic mass is 10.1. The quantitative estimate of drug-likeness (QED) is 0.222. The van der Waals surface area contributed by atoms with Gasteiger partial charge >= 0.3 is 0 Å². The Balaban J connectivity index is 1.33. The SMILES string of the molecule is c1ccc(-c2ccc(-n3c4cccc5c4c4c3cccc4n5-c3cccc4sc5ccccc5c34)cc2)cc1. The summed E-state index contributed by atoms with van der Waals surface area (Å²) in [4.78, 5) is 0. The van der Waals surface area contributed by atoms with Crippen LogP contribution >= 0.6 is 11.3 Å². The molecule has 0 aliphatic heterocycles. The third-order valence-corrected chi connectivity index (χ3v) is 9.24. The van der Waals surface area contributed by atoms with Gasteiger partial charge in [0.25, 0.3) is 0 Å². The van der Waals surface area contributed by atoms with E-state index < -0.39 is 0 Å². The van der Waals surface area contributed by atoms with E-state index in [1.165, 1.54) is 75.5 Å². The molecule has 0 aliphatic rings. The van der Waals surface area contributed by atoms with Crippen LogP contribution in [0.15, 0.2) is 133 Å². The lowest BCUT2D eigenvalue weighted by Gasteiger charge is -2.14. The van der Waals surface area contributed by atoms with Crippen molar-refractivity contribution in [3.05, 3.63) is 133 Å². The Morgan fingerprint density at radius 1 is 0.385 bits per heavy atom. The van der Waals surface area contributed by atoms with Crippen molar-refractivity contribution in [3.8, 4) is 22.5 Å². The van der Waals surface area contributed by atoms with Crippen LogP contribution in [0.2, 0.25) is 0 Å². The molecular weight excluding hydrogens is 492 g/mol. The predicted octanol–water partition coefficient (Wildman–Crippen LogP) is 10.2. The summed E-state index contributed by atoms with van der Waals surface area (Å²) in [6.45, 7) is 0. The fourth-order valence-electron chi connectivity index (χ4n) is 6.49. The van der Waals surface area contributed by atoms with Gasteiger partial charge < -0.3 is 9.13 Å². The number of nitrogens with zero attached hydrogens (tertiary/aromatic N) is 2. The molecule has 0 fully saturated rings. The van der Waals surface area contributed by atoms with Gasteiger partial charge in [-0.3, -0.25) is 0 Å². The minimum absolute atomic E-state index is 1.18. The molecule has 3 aromatic heterocycles.